The molecular formula is C48H32N2OS. The SMILES string of the molecule is C1=CC2c3ccccc3N(c3ccccc3-c3ccc(N(c4ccc5c(c4)sc4ccccc45)c4cccc5c4oc4ccccc45)cc3)C2C=C1. The molecule has 246 valence electrons. The Balaban J connectivity index is 1.06. The predicted molar refractivity (Wildman–Crippen MR) is 220 cm³/mol. The second-order valence-electron chi connectivity index (χ2n) is 13.6. The van der Waals surface area contributed by atoms with Gasteiger partial charge in [0.2, 0.25) is 0 Å². The quantitative estimate of drug-likeness (QED) is 0.180. The molecule has 11 rings (SSSR count). The number of para-hydroxylation sites is 4. The van der Waals surface area contributed by atoms with Crippen LogP contribution in [0.15, 0.2) is 186 Å². The van der Waals surface area contributed by atoms with Gasteiger partial charge in [0.1, 0.15) is 5.58 Å². The number of thiophene rings is 1. The summed E-state index contributed by atoms with van der Waals surface area (Å²) >= 11 is 1.84. The molecule has 0 saturated heterocycles. The Hall–Kier alpha value is -6.36. The van der Waals surface area contributed by atoms with Gasteiger partial charge in [-0.05, 0) is 65.7 Å². The van der Waals surface area contributed by atoms with Crippen LogP contribution in [0.3, 0.4) is 0 Å². The minimum atomic E-state index is 0.242. The molecule has 2 unspecified atom stereocenters. The normalized spacial score (nSPS) is 16.3. The molecule has 2 atom stereocenters. The summed E-state index contributed by atoms with van der Waals surface area (Å²) in [7, 11) is 0. The molecule has 0 radical (unpaired) electrons. The standard InChI is InChI=1S/C48H32N2OS/c1-6-18-41(50-42-19-7-2-13-35(42)36-14-3-8-20-43(36)50)34(12-1)31-24-26-32(27-25-31)49(33-28-29-39-38-16-5-10-23-46(38)52-47(39)30-33)44-21-11-17-40-37-15-4-9-22-45(37)51-48(40)44/h1-30,35,42H. The van der Waals surface area contributed by atoms with Gasteiger partial charge in [-0.25, -0.2) is 0 Å². The summed E-state index contributed by atoms with van der Waals surface area (Å²) in [4.78, 5) is 4.88. The molecular weight excluding hydrogens is 653 g/mol. The van der Waals surface area contributed by atoms with Crippen molar-refractivity contribution in [3.63, 3.8) is 0 Å². The highest BCUT2D eigenvalue weighted by Gasteiger charge is 2.37. The summed E-state index contributed by atoms with van der Waals surface area (Å²) in [5.41, 5.74) is 11.2. The number of hydrogen-bond donors (Lipinski definition) is 0. The summed E-state index contributed by atoms with van der Waals surface area (Å²) in [5.74, 6) is 0.337. The monoisotopic (exact) mass is 684 g/mol. The highest BCUT2D eigenvalue weighted by atomic mass is 32.1. The first kappa shape index (κ1) is 29.4. The Morgan fingerprint density at radius 1 is 0.538 bits per heavy atom. The molecule has 0 fully saturated rings. The van der Waals surface area contributed by atoms with Crippen molar-refractivity contribution < 1.29 is 4.42 Å². The number of hydrogen-bond acceptors (Lipinski definition) is 4. The molecule has 0 saturated carbocycles. The third kappa shape index (κ3) is 4.44. The number of benzene rings is 7. The summed E-state index contributed by atoms with van der Waals surface area (Å²) in [6, 6.07) is 57.3. The van der Waals surface area contributed by atoms with Crippen molar-refractivity contribution in [1.29, 1.82) is 0 Å². The van der Waals surface area contributed by atoms with Crippen molar-refractivity contribution in [2.75, 3.05) is 9.80 Å². The van der Waals surface area contributed by atoms with Gasteiger partial charge in [0.05, 0.1) is 11.7 Å². The van der Waals surface area contributed by atoms with Gasteiger partial charge in [-0.1, -0.05) is 127 Å². The number of allylic oxidation sites excluding steroid dienone is 2. The molecule has 0 bridgehead atoms. The Morgan fingerprint density at radius 3 is 2.17 bits per heavy atom. The van der Waals surface area contributed by atoms with E-state index in [0.29, 0.717) is 5.92 Å². The summed E-state index contributed by atoms with van der Waals surface area (Å²) < 4.78 is 9.19. The average Bonchev–Trinajstić information content (AvgIpc) is 3.88. The molecule has 2 aromatic heterocycles. The molecule has 3 heterocycles. The fraction of sp³-hybridized carbons (Fsp3) is 0.0417. The first-order chi connectivity index (χ1) is 25.8. The van der Waals surface area contributed by atoms with Crippen LogP contribution in [-0.4, -0.2) is 6.04 Å². The van der Waals surface area contributed by atoms with E-state index in [0.717, 1.165) is 39.0 Å². The van der Waals surface area contributed by atoms with Crippen LogP contribution in [0, 0.1) is 0 Å². The number of anilines is 5. The van der Waals surface area contributed by atoms with Crippen LogP contribution in [0.2, 0.25) is 0 Å². The van der Waals surface area contributed by atoms with Crippen LogP contribution >= 0.6 is 11.3 Å². The van der Waals surface area contributed by atoms with E-state index in [2.05, 4.69) is 186 Å². The first-order valence-electron chi connectivity index (χ1n) is 17.8. The largest absolute Gasteiger partial charge is 0.454 e. The maximum Gasteiger partial charge on any atom is 0.159 e. The zero-order valence-corrected chi connectivity index (χ0v) is 29.0. The summed E-state index contributed by atoms with van der Waals surface area (Å²) in [5, 5.41) is 4.82. The van der Waals surface area contributed by atoms with E-state index in [1.54, 1.807) is 0 Å². The molecule has 9 aromatic rings. The highest BCUT2D eigenvalue weighted by molar-refractivity contribution is 7.25. The van der Waals surface area contributed by atoms with Crippen molar-refractivity contribution in [1.82, 2.24) is 0 Å². The van der Waals surface area contributed by atoms with Gasteiger partial charge in [0.15, 0.2) is 5.58 Å². The lowest BCUT2D eigenvalue weighted by atomic mass is 9.91. The van der Waals surface area contributed by atoms with Gasteiger partial charge in [-0.15, -0.1) is 11.3 Å². The Bertz CT molecular complexity index is 2890. The number of furan rings is 1. The van der Waals surface area contributed by atoms with Gasteiger partial charge in [-0.3, -0.25) is 0 Å². The molecule has 7 aromatic carbocycles. The molecule has 0 N–H and O–H groups in total. The van der Waals surface area contributed by atoms with Crippen LogP contribution in [-0.2, 0) is 0 Å². The van der Waals surface area contributed by atoms with Crippen LogP contribution < -0.4 is 9.80 Å². The number of fused-ring (bicyclic) bond motifs is 9. The van der Waals surface area contributed by atoms with Crippen LogP contribution in [0.25, 0.3) is 53.2 Å². The third-order valence-electron chi connectivity index (χ3n) is 10.8. The van der Waals surface area contributed by atoms with Crippen molar-refractivity contribution in [3.8, 4) is 11.1 Å². The van der Waals surface area contributed by atoms with Crippen LogP contribution in [0.5, 0.6) is 0 Å². The highest BCUT2D eigenvalue weighted by Crippen LogP contribution is 2.50. The van der Waals surface area contributed by atoms with Gasteiger partial charge in [0, 0.05) is 65.2 Å². The predicted octanol–water partition coefficient (Wildman–Crippen LogP) is 13.8. The third-order valence-corrected chi connectivity index (χ3v) is 11.9. The van der Waals surface area contributed by atoms with E-state index in [1.165, 1.54) is 48.2 Å². The molecule has 3 nitrogen and oxygen atoms in total. The topological polar surface area (TPSA) is 19.6 Å². The van der Waals surface area contributed by atoms with E-state index in [1.807, 2.05) is 17.4 Å². The molecule has 0 amide bonds. The lowest BCUT2D eigenvalue weighted by Crippen LogP contribution is -2.28. The van der Waals surface area contributed by atoms with Crippen molar-refractivity contribution in [2.45, 2.75) is 12.0 Å². The fourth-order valence-corrected chi connectivity index (χ4v) is 9.62. The van der Waals surface area contributed by atoms with E-state index in [9.17, 15) is 0 Å². The summed E-state index contributed by atoms with van der Waals surface area (Å²) in [6.07, 6.45) is 9.05. The van der Waals surface area contributed by atoms with E-state index < -0.39 is 0 Å². The van der Waals surface area contributed by atoms with Gasteiger partial charge >= 0.3 is 0 Å². The van der Waals surface area contributed by atoms with Gasteiger partial charge in [0.25, 0.3) is 0 Å². The molecule has 0 spiro atoms. The lowest BCUT2D eigenvalue weighted by molar-refractivity contribution is 0.669. The second kappa shape index (κ2) is 11.6. The maximum atomic E-state index is 6.63. The lowest BCUT2D eigenvalue weighted by Gasteiger charge is -2.30. The molecule has 2 aliphatic rings. The smallest absolute Gasteiger partial charge is 0.159 e. The van der Waals surface area contributed by atoms with Crippen LogP contribution in [0.4, 0.5) is 28.4 Å². The average molecular weight is 685 g/mol. The van der Waals surface area contributed by atoms with E-state index in [4.69, 9.17) is 4.42 Å². The van der Waals surface area contributed by atoms with Crippen LogP contribution in [0.1, 0.15) is 11.5 Å². The summed E-state index contributed by atoms with van der Waals surface area (Å²) in [6.45, 7) is 0. The van der Waals surface area contributed by atoms with Crippen molar-refractivity contribution >= 4 is 81.9 Å². The molecule has 1 aliphatic heterocycles. The molecule has 52 heavy (non-hydrogen) atoms. The van der Waals surface area contributed by atoms with E-state index >= 15 is 0 Å². The van der Waals surface area contributed by atoms with Crippen molar-refractivity contribution in [2.24, 2.45) is 0 Å². The second-order valence-corrected chi connectivity index (χ2v) is 14.7. The van der Waals surface area contributed by atoms with Gasteiger partial charge in [-0.2, -0.15) is 0 Å². The zero-order valence-electron chi connectivity index (χ0n) is 28.2. The minimum absolute atomic E-state index is 0.242. The zero-order chi connectivity index (χ0) is 34.2. The molecule has 1 aliphatic carbocycles. The Labute approximate surface area is 305 Å². The molecule has 4 heteroatoms. The van der Waals surface area contributed by atoms with Gasteiger partial charge < -0.3 is 14.2 Å². The number of nitrogens with zero attached hydrogens (tertiary/aromatic N) is 2. The number of rotatable bonds is 5. The fourth-order valence-electron chi connectivity index (χ4n) is 8.48. The van der Waals surface area contributed by atoms with E-state index in [-0.39, 0.29) is 6.04 Å². The Kier molecular flexibility index (Phi) is 6.55. The Morgan fingerprint density at radius 2 is 1.25 bits per heavy atom. The van der Waals surface area contributed by atoms with Crippen molar-refractivity contribution in [3.05, 3.63) is 188 Å². The maximum absolute atomic E-state index is 6.63. The minimum Gasteiger partial charge on any atom is -0.454 e. The first-order valence-corrected chi connectivity index (χ1v) is 18.7.